The van der Waals surface area contributed by atoms with Crippen molar-refractivity contribution in [3.63, 3.8) is 0 Å². The Hall–Kier alpha value is -0.580. The van der Waals surface area contributed by atoms with Gasteiger partial charge in [0.25, 0.3) is 0 Å². The van der Waals surface area contributed by atoms with E-state index in [2.05, 4.69) is 30.4 Å². The van der Waals surface area contributed by atoms with E-state index in [1.807, 2.05) is 22.6 Å². The van der Waals surface area contributed by atoms with Gasteiger partial charge in [-0.05, 0) is 29.5 Å². The Kier molecular flexibility index (Phi) is 5.83. The summed E-state index contributed by atoms with van der Waals surface area (Å²) in [5.41, 5.74) is -0.301. The summed E-state index contributed by atoms with van der Waals surface area (Å²) in [5, 5.41) is 0.0889. The first kappa shape index (κ1) is 16.5. The molecule has 0 radical (unpaired) electrons. The van der Waals surface area contributed by atoms with Gasteiger partial charge in [-0.25, -0.2) is 9.78 Å². The average Bonchev–Trinajstić information content (AvgIpc) is 2.27. The number of esters is 1. The second kappa shape index (κ2) is 6.73. The van der Waals surface area contributed by atoms with Gasteiger partial charge in [-0.1, -0.05) is 15.9 Å². The summed E-state index contributed by atoms with van der Waals surface area (Å²) in [6.07, 6.45) is -3.63. The average molecular weight is 454 g/mol. The summed E-state index contributed by atoms with van der Waals surface area (Å²) >= 11 is 4.86. The summed E-state index contributed by atoms with van der Waals surface area (Å²) < 4.78 is 46.2. The first-order valence-electron chi connectivity index (χ1n) is 4.96. The van der Waals surface area contributed by atoms with Crippen molar-refractivity contribution in [2.45, 2.75) is 18.6 Å². The maximum atomic E-state index is 12.4. The molecule has 0 amide bonds. The molecule has 0 saturated heterocycles. The highest BCUT2D eigenvalue weighted by atomic mass is 127. The van der Waals surface area contributed by atoms with Crippen molar-refractivity contribution >= 4 is 44.5 Å². The third-order valence-corrected chi connectivity index (χ3v) is 3.40. The molecule has 0 fully saturated rings. The molecule has 0 atom stereocenters. The molecule has 0 aliphatic carbocycles. The number of pyridine rings is 1. The van der Waals surface area contributed by atoms with Crippen molar-refractivity contribution in [3.8, 4) is 5.75 Å². The Labute approximate surface area is 128 Å². The third kappa shape index (κ3) is 4.48. The van der Waals surface area contributed by atoms with Gasteiger partial charge in [0.05, 0.1) is 6.61 Å². The van der Waals surface area contributed by atoms with Gasteiger partial charge >= 0.3 is 12.3 Å². The van der Waals surface area contributed by atoms with Crippen molar-refractivity contribution in [3.05, 3.63) is 21.0 Å². The summed E-state index contributed by atoms with van der Waals surface area (Å²) in [6, 6.07) is 0. The lowest BCUT2D eigenvalue weighted by Gasteiger charge is -2.15. The summed E-state index contributed by atoms with van der Waals surface area (Å²) in [5.74, 6) is -1.59. The highest BCUT2D eigenvalue weighted by molar-refractivity contribution is 14.1. The zero-order valence-electron chi connectivity index (χ0n) is 9.55. The number of rotatable bonds is 4. The molecule has 4 nitrogen and oxygen atoms in total. The van der Waals surface area contributed by atoms with E-state index >= 15 is 0 Å². The zero-order chi connectivity index (χ0) is 14.6. The van der Waals surface area contributed by atoms with Gasteiger partial charge in [0.1, 0.15) is 0 Å². The monoisotopic (exact) mass is 453 g/mol. The number of halogens is 5. The Morgan fingerprint density at radius 3 is 2.63 bits per heavy atom. The highest BCUT2D eigenvalue weighted by Crippen LogP contribution is 2.33. The van der Waals surface area contributed by atoms with Crippen LogP contribution in [0.4, 0.5) is 13.2 Å². The SMILES string of the molecule is CCOC(=O)c1ncc(I)c(CBr)c1OC(F)(F)F. The lowest BCUT2D eigenvalue weighted by atomic mass is 10.2. The predicted molar refractivity (Wildman–Crippen MR) is 72.2 cm³/mol. The highest BCUT2D eigenvalue weighted by Gasteiger charge is 2.35. The minimum atomic E-state index is -4.91. The lowest BCUT2D eigenvalue weighted by molar-refractivity contribution is -0.275. The van der Waals surface area contributed by atoms with E-state index in [1.165, 1.54) is 6.20 Å². The maximum absolute atomic E-state index is 12.4. The zero-order valence-corrected chi connectivity index (χ0v) is 13.3. The van der Waals surface area contributed by atoms with E-state index in [1.54, 1.807) is 6.92 Å². The number of carbonyl (C=O) groups is 1. The van der Waals surface area contributed by atoms with Gasteiger partial charge in [-0.3, -0.25) is 0 Å². The molecule has 0 aromatic carbocycles. The molecular formula is C10H8BrF3INO3. The molecule has 0 spiro atoms. The van der Waals surface area contributed by atoms with E-state index in [-0.39, 0.29) is 17.5 Å². The van der Waals surface area contributed by atoms with Gasteiger partial charge in [-0.2, -0.15) is 0 Å². The van der Waals surface area contributed by atoms with Crippen molar-refractivity contribution in [1.82, 2.24) is 4.98 Å². The molecule has 1 rings (SSSR count). The van der Waals surface area contributed by atoms with Crippen LogP contribution in [0.1, 0.15) is 23.0 Å². The first-order chi connectivity index (χ1) is 8.80. The summed E-state index contributed by atoms with van der Waals surface area (Å²) in [4.78, 5) is 15.2. The molecule has 19 heavy (non-hydrogen) atoms. The van der Waals surface area contributed by atoms with Crippen LogP contribution in [-0.2, 0) is 10.1 Å². The molecular weight excluding hydrogens is 446 g/mol. The van der Waals surface area contributed by atoms with E-state index in [0.29, 0.717) is 3.57 Å². The van der Waals surface area contributed by atoms with Crippen LogP contribution < -0.4 is 4.74 Å². The minimum absolute atomic E-state index is 0.0294. The normalized spacial score (nSPS) is 11.3. The quantitative estimate of drug-likeness (QED) is 0.396. The Morgan fingerprint density at radius 2 is 2.16 bits per heavy atom. The molecule has 0 N–H and O–H groups in total. The van der Waals surface area contributed by atoms with Crippen LogP contribution in [0.3, 0.4) is 0 Å². The van der Waals surface area contributed by atoms with Gasteiger partial charge in [0, 0.05) is 20.7 Å². The van der Waals surface area contributed by atoms with Crippen LogP contribution in [-0.4, -0.2) is 23.9 Å². The van der Waals surface area contributed by atoms with E-state index in [4.69, 9.17) is 0 Å². The minimum Gasteiger partial charge on any atom is -0.461 e. The van der Waals surface area contributed by atoms with Crippen LogP contribution in [0.2, 0.25) is 0 Å². The Bertz CT molecular complexity index is 482. The number of hydrogen-bond donors (Lipinski definition) is 0. The standard InChI is InChI=1S/C10H8BrF3INO3/c1-2-18-9(17)7-8(19-10(12,13)14)5(3-11)6(15)4-16-7/h4H,2-3H2,1H3. The molecule has 0 aliphatic heterocycles. The predicted octanol–water partition coefficient (Wildman–Crippen LogP) is 3.66. The molecule has 106 valence electrons. The summed E-state index contributed by atoms with van der Waals surface area (Å²) in [7, 11) is 0. The van der Waals surface area contributed by atoms with E-state index < -0.39 is 23.8 Å². The molecule has 1 heterocycles. The molecule has 0 saturated carbocycles. The fourth-order valence-electron chi connectivity index (χ4n) is 1.20. The Balaban J connectivity index is 3.34. The molecule has 9 heteroatoms. The number of hydrogen-bond acceptors (Lipinski definition) is 4. The lowest BCUT2D eigenvalue weighted by Crippen LogP contribution is -2.22. The second-order valence-corrected chi connectivity index (χ2v) is 4.89. The van der Waals surface area contributed by atoms with Crippen molar-refractivity contribution in [2.24, 2.45) is 0 Å². The third-order valence-electron chi connectivity index (χ3n) is 1.90. The molecule has 1 aromatic heterocycles. The fourth-order valence-corrected chi connectivity index (χ4v) is 2.86. The molecule has 1 aromatic rings. The van der Waals surface area contributed by atoms with Gasteiger partial charge in [0.15, 0.2) is 11.4 Å². The van der Waals surface area contributed by atoms with Gasteiger partial charge < -0.3 is 9.47 Å². The van der Waals surface area contributed by atoms with Crippen molar-refractivity contribution in [2.75, 3.05) is 6.61 Å². The topological polar surface area (TPSA) is 48.4 Å². The van der Waals surface area contributed by atoms with Crippen molar-refractivity contribution < 1.29 is 27.4 Å². The van der Waals surface area contributed by atoms with E-state index in [0.717, 1.165) is 0 Å². The molecule has 0 aliphatic rings. The van der Waals surface area contributed by atoms with Crippen molar-refractivity contribution in [1.29, 1.82) is 0 Å². The smallest absolute Gasteiger partial charge is 0.461 e. The largest absolute Gasteiger partial charge is 0.573 e. The molecule has 0 unspecified atom stereocenters. The number of carbonyl (C=O) groups excluding carboxylic acids is 1. The fraction of sp³-hybridized carbons (Fsp3) is 0.400. The van der Waals surface area contributed by atoms with Crippen LogP contribution in [0.15, 0.2) is 6.20 Å². The maximum Gasteiger partial charge on any atom is 0.573 e. The molecule has 0 bridgehead atoms. The number of alkyl halides is 4. The number of aromatic nitrogens is 1. The van der Waals surface area contributed by atoms with Gasteiger partial charge in [0.2, 0.25) is 0 Å². The van der Waals surface area contributed by atoms with Crippen LogP contribution >= 0.6 is 38.5 Å². The second-order valence-electron chi connectivity index (χ2n) is 3.16. The van der Waals surface area contributed by atoms with Crippen LogP contribution in [0.25, 0.3) is 0 Å². The van der Waals surface area contributed by atoms with E-state index in [9.17, 15) is 18.0 Å². The summed E-state index contributed by atoms with van der Waals surface area (Å²) in [6.45, 7) is 1.57. The van der Waals surface area contributed by atoms with Crippen LogP contribution in [0.5, 0.6) is 5.75 Å². The Morgan fingerprint density at radius 1 is 1.53 bits per heavy atom. The number of nitrogens with zero attached hydrogens (tertiary/aromatic N) is 1. The number of ether oxygens (including phenoxy) is 2. The van der Waals surface area contributed by atoms with Crippen LogP contribution in [0, 0.1) is 3.57 Å². The van der Waals surface area contributed by atoms with Gasteiger partial charge in [-0.15, -0.1) is 13.2 Å². The first-order valence-corrected chi connectivity index (χ1v) is 7.16.